The highest BCUT2D eigenvalue weighted by Crippen LogP contribution is 2.15. The van der Waals surface area contributed by atoms with Gasteiger partial charge in [0.2, 0.25) is 0 Å². The third kappa shape index (κ3) is 53.0. The minimum atomic E-state index is -0.804. The highest BCUT2D eigenvalue weighted by Gasteiger charge is 2.19. The van der Waals surface area contributed by atoms with Crippen LogP contribution in [0.2, 0.25) is 0 Å². The van der Waals surface area contributed by atoms with Gasteiger partial charge in [-0.25, -0.2) is 0 Å². The predicted octanol–water partition coefficient (Wildman–Crippen LogP) is 18.7. The molecule has 0 fully saturated rings. The number of carbonyl (C=O) groups is 3. The van der Waals surface area contributed by atoms with Crippen LogP contribution in [0.5, 0.6) is 0 Å². The van der Waals surface area contributed by atoms with Crippen LogP contribution >= 0.6 is 0 Å². The number of unbranched alkanes of at least 4 members (excludes halogenated alkanes) is 25. The Hall–Kier alpha value is -3.93. The van der Waals surface area contributed by atoms with Crippen molar-refractivity contribution in [2.45, 2.75) is 252 Å². The zero-order valence-electron chi connectivity index (χ0n) is 44.1. The van der Waals surface area contributed by atoms with Gasteiger partial charge in [0.05, 0.1) is 0 Å². The standard InChI is InChI=1S/C62H102O6/c1-4-7-10-13-16-19-22-25-28-30-31-33-34-37-40-43-46-49-52-55-61(64)67-58-59(57-66-60(63)54-51-48-45-42-39-36-27-24-21-18-15-12-9-6-3)68-62(65)56-53-50-47-44-41-38-35-32-29-26-23-20-17-14-11-8-5-2/h7-8,10-11,14,16-17,19-20,23,25-26,28-29,32,35,38,41,59H,4-6,9,12-13,15,18,21-22,24,27,30-31,33-34,36-37,39-40,42-58H2,1-3H3/b10-7-,11-8-,17-14-,19-16-,23-20-,28-25-,29-26-,35-32+,41-38-. The average molecular weight is 943 g/mol. The third-order valence-electron chi connectivity index (χ3n) is 11.7. The van der Waals surface area contributed by atoms with Gasteiger partial charge in [0, 0.05) is 19.3 Å². The molecule has 0 aromatic heterocycles. The second-order valence-electron chi connectivity index (χ2n) is 18.2. The van der Waals surface area contributed by atoms with Gasteiger partial charge in [0.1, 0.15) is 13.2 Å². The number of carbonyl (C=O) groups excluding carboxylic acids is 3. The van der Waals surface area contributed by atoms with Gasteiger partial charge in [0.25, 0.3) is 0 Å². The summed E-state index contributed by atoms with van der Waals surface area (Å²) in [5, 5.41) is 0. The van der Waals surface area contributed by atoms with Crippen molar-refractivity contribution in [3.8, 4) is 0 Å². The Kier molecular flexibility index (Phi) is 52.4. The van der Waals surface area contributed by atoms with Crippen molar-refractivity contribution < 1.29 is 28.6 Å². The summed E-state index contributed by atoms with van der Waals surface area (Å²) < 4.78 is 16.8. The number of esters is 3. The molecule has 0 heterocycles. The van der Waals surface area contributed by atoms with Gasteiger partial charge >= 0.3 is 17.9 Å². The first-order chi connectivity index (χ1) is 33.5. The lowest BCUT2D eigenvalue weighted by atomic mass is 10.0. The number of rotatable bonds is 49. The molecule has 0 aliphatic carbocycles. The zero-order chi connectivity index (χ0) is 49.3. The van der Waals surface area contributed by atoms with Gasteiger partial charge in [-0.1, -0.05) is 265 Å². The predicted molar refractivity (Wildman–Crippen MR) is 293 cm³/mol. The van der Waals surface area contributed by atoms with Crippen LogP contribution in [-0.4, -0.2) is 37.2 Å². The van der Waals surface area contributed by atoms with E-state index in [0.717, 1.165) is 83.5 Å². The Morgan fingerprint density at radius 2 is 0.647 bits per heavy atom. The Bertz CT molecular complexity index is 1410. The summed E-state index contributed by atoms with van der Waals surface area (Å²) in [7, 11) is 0. The fourth-order valence-electron chi connectivity index (χ4n) is 7.55. The van der Waals surface area contributed by atoms with E-state index in [1.165, 1.54) is 116 Å². The van der Waals surface area contributed by atoms with E-state index in [2.05, 4.69) is 69.4 Å². The van der Waals surface area contributed by atoms with E-state index in [0.29, 0.717) is 19.3 Å². The molecule has 6 heteroatoms. The Morgan fingerprint density at radius 1 is 0.324 bits per heavy atom. The lowest BCUT2D eigenvalue weighted by Crippen LogP contribution is -2.30. The van der Waals surface area contributed by atoms with E-state index in [9.17, 15) is 14.4 Å². The highest BCUT2D eigenvalue weighted by molar-refractivity contribution is 5.71. The monoisotopic (exact) mass is 943 g/mol. The van der Waals surface area contributed by atoms with Gasteiger partial charge in [-0.15, -0.1) is 0 Å². The maximum absolute atomic E-state index is 12.8. The van der Waals surface area contributed by atoms with Gasteiger partial charge in [-0.2, -0.15) is 0 Å². The second kappa shape index (κ2) is 55.7. The summed E-state index contributed by atoms with van der Waals surface area (Å²) in [6.07, 6.45) is 75.0. The van der Waals surface area contributed by atoms with Crippen LogP contribution in [0.1, 0.15) is 245 Å². The summed E-state index contributed by atoms with van der Waals surface area (Å²) in [5.41, 5.74) is 0. The largest absolute Gasteiger partial charge is 0.462 e. The van der Waals surface area contributed by atoms with Crippen molar-refractivity contribution in [1.82, 2.24) is 0 Å². The molecule has 0 rings (SSSR count). The second-order valence-corrected chi connectivity index (χ2v) is 18.2. The lowest BCUT2D eigenvalue weighted by Gasteiger charge is -2.18. The van der Waals surface area contributed by atoms with Crippen LogP contribution in [-0.2, 0) is 28.6 Å². The fraction of sp³-hybridized carbons (Fsp3) is 0.661. The molecule has 0 N–H and O–H groups in total. The first-order valence-corrected chi connectivity index (χ1v) is 28.0. The summed E-state index contributed by atoms with van der Waals surface area (Å²) in [5.74, 6) is -0.945. The van der Waals surface area contributed by atoms with Crippen molar-refractivity contribution in [1.29, 1.82) is 0 Å². The summed E-state index contributed by atoms with van der Waals surface area (Å²) >= 11 is 0. The van der Waals surface area contributed by atoms with E-state index < -0.39 is 6.10 Å². The molecule has 386 valence electrons. The van der Waals surface area contributed by atoms with Crippen molar-refractivity contribution >= 4 is 17.9 Å². The highest BCUT2D eigenvalue weighted by atomic mass is 16.6. The maximum atomic E-state index is 12.8. The molecule has 0 radical (unpaired) electrons. The molecule has 0 aromatic carbocycles. The number of allylic oxidation sites excluding steroid dienone is 18. The Morgan fingerprint density at radius 3 is 1.09 bits per heavy atom. The molecule has 0 amide bonds. The number of ether oxygens (including phenoxy) is 3. The fourth-order valence-corrected chi connectivity index (χ4v) is 7.55. The van der Waals surface area contributed by atoms with Crippen LogP contribution in [0.3, 0.4) is 0 Å². The average Bonchev–Trinajstić information content (AvgIpc) is 3.34. The number of hydrogen-bond acceptors (Lipinski definition) is 6. The van der Waals surface area contributed by atoms with E-state index in [4.69, 9.17) is 14.2 Å². The molecule has 0 aliphatic heterocycles. The van der Waals surface area contributed by atoms with E-state index in [1.54, 1.807) is 0 Å². The number of hydrogen-bond donors (Lipinski definition) is 0. The molecule has 1 atom stereocenters. The summed E-state index contributed by atoms with van der Waals surface area (Å²) in [6, 6.07) is 0. The first-order valence-electron chi connectivity index (χ1n) is 28.0. The van der Waals surface area contributed by atoms with Gasteiger partial charge in [-0.05, 0) is 70.6 Å². The molecule has 0 saturated heterocycles. The van der Waals surface area contributed by atoms with Crippen LogP contribution in [0.15, 0.2) is 109 Å². The van der Waals surface area contributed by atoms with Gasteiger partial charge < -0.3 is 14.2 Å². The molecule has 68 heavy (non-hydrogen) atoms. The normalized spacial score (nSPS) is 12.9. The van der Waals surface area contributed by atoms with E-state index >= 15 is 0 Å². The smallest absolute Gasteiger partial charge is 0.306 e. The topological polar surface area (TPSA) is 78.9 Å². The van der Waals surface area contributed by atoms with Crippen molar-refractivity contribution in [2.24, 2.45) is 0 Å². The summed E-state index contributed by atoms with van der Waals surface area (Å²) in [6.45, 7) is 6.35. The minimum absolute atomic E-state index is 0.0976. The minimum Gasteiger partial charge on any atom is -0.462 e. The molecule has 0 aromatic rings. The molecule has 1 unspecified atom stereocenters. The Balaban J connectivity index is 4.47. The maximum Gasteiger partial charge on any atom is 0.306 e. The first kappa shape index (κ1) is 64.1. The van der Waals surface area contributed by atoms with Crippen LogP contribution < -0.4 is 0 Å². The molecule has 0 spiro atoms. The molecule has 0 bridgehead atoms. The van der Waals surface area contributed by atoms with Gasteiger partial charge in [-0.3, -0.25) is 14.4 Å². The molecular weight excluding hydrogens is 841 g/mol. The van der Waals surface area contributed by atoms with Crippen LogP contribution in [0.4, 0.5) is 0 Å². The molecule has 0 saturated carbocycles. The third-order valence-corrected chi connectivity index (χ3v) is 11.7. The van der Waals surface area contributed by atoms with Crippen molar-refractivity contribution in [3.05, 3.63) is 109 Å². The SMILES string of the molecule is CC\C=C/C=C\C=C/C=C\C=C\C=C/CCCCCC(=O)OC(COC(=O)CCCCCCCCCCC/C=C\C/C=C\C/C=C\CC)COC(=O)CCCCCCCCCCCCCCCC. The lowest BCUT2D eigenvalue weighted by molar-refractivity contribution is -0.167. The molecule has 6 nitrogen and oxygen atoms in total. The molecular formula is C62H102O6. The Labute approximate surface area is 419 Å². The van der Waals surface area contributed by atoms with Gasteiger partial charge in [0.15, 0.2) is 6.10 Å². The van der Waals surface area contributed by atoms with Crippen LogP contribution in [0.25, 0.3) is 0 Å². The quantitative estimate of drug-likeness (QED) is 0.0199. The summed E-state index contributed by atoms with van der Waals surface area (Å²) in [4.78, 5) is 38.1. The zero-order valence-corrected chi connectivity index (χ0v) is 44.1. The van der Waals surface area contributed by atoms with Crippen molar-refractivity contribution in [3.63, 3.8) is 0 Å². The van der Waals surface area contributed by atoms with E-state index in [-0.39, 0.29) is 37.5 Å². The van der Waals surface area contributed by atoms with Crippen LogP contribution in [0, 0.1) is 0 Å². The van der Waals surface area contributed by atoms with Crippen molar-refractivity contribution in [2.75, 3.05) is 13.2 Å². The van der Waals surface area contributed by atoms with E-state index in [1.807, 2.05) is 60.8 Å². The molecule has 0 aliphatic rings.